The fourth-order valence-electron chi connectivity index (χ4n) is 3.57. The predicted molar refractivity (Wildman–Crippen MR) is 105 cm³/mol. The van der Waals surface area contributed by atoms with E-state index in [2.05, 4.69) is 24.1 Å². The van der Waals surface area contributed by atoms with Crippen molar-refractivity contribution in [1.29, 1.82) is 0 Å². The number of carbonyl (C=O) groups is 1. The Kier molecular flexibility index (Phi) is 5.82. The van der Waals surface area contributed by atoms with Gasteiger partial charge in [-0.25, -0.2) is 23.5 Å². The number of anilines is 1. The SMILES string of the molecule is C[C@@]1(O)[C@H](O)[C@@H](COP(=O)(O)OP(=O)(O)O)O[C@H]1n1cc2c3c(ncnc31)NC(=O)C(F)=C2. The Bertz CT molecular complexity index is 1260. The van der Waals surface area contributed by atoms with Gasteiger partial charge in [-0.05, 0) is 13.0 Å². The molecule has 2 aromatic heterocycles. The summed E-state index contributed by atoms with van der Waals surface area (Å²) in [6.45, 7) is 0.281. The minimum atomic E-state index is -5.36. The summed E-state index contributed by atoms with van der Waals surface area (Å²) in [5.41, 5.74) is -1.79. The van der Waals surface area contributed by atoms with E-state index in [0.29, 0.717) is 0 Å². The van der Waals surface area contributed by atoms with E-state index in [4.69, 9.17) is 14.5 Å². The summed E-state index contributed by atoms with van der Waals surface area (Å²) in [4.78, 5) is 46.5. The van der Waals surface area contributed by atoms with Crippen LogP contribution in [-0.2, 0) is 27.5 Å². The number of amides is 1. The fraction of sp³-hybridized carbons (Fsp3) is 0.400. The van der Waals surface area contributed by atoms with Crippen molar-refractivity contribution in [2.45, 2.75) is 31.0 Å². The highest BCUT2D eigenvalue weighted by atomic mass is 31.3. The Labute approximate surface area is 183 Å². The summed E-state index contributed by atoms with van der Waals surface area (Å²) in [6.07, 6.45) is -1.29. The number of aliphatic hydroxyl groups excluding tert-OH is 1. The molecular formula is C15H17FN4O11P2. The first-order valence-corrected chi connectivity index (χ1v) is 12.1. The molecule has 0 aliphatic carbocycles. The van der Waals surface area contributed by atoms with Crippen molar-refractivity contribution in [3.05, 3.63) is 23.9 Å². The number of nitrogens with zero attached hydrogens (tertiary/aromatic N) is 3. The molecule has 4 heterocycles. The van der Waals surface area contributed by atoms with Crippen molar-refractivity contribution in [3.8, 4) is 0 Å². The molecule has 2 aromatic rings. The first-order valence-electron chi connectivity index (χ1n) is 9.04. The third-order valence-electron chi connectivity index (χ3n) is 4.99. The second kappa shape index (κ2) is 7.99. The van der Waals surface area contributed by atoms with Crippen LogP contribution in [0.5, 0.6) is 0 Å². The second-order valence-corrected chi connectivity index (χ2v) is 10.2. The number of hydrogen-bond acceptors (Lipinski definition) is 10. The van der Waals surface area contributed by atoms with Crippen LogP contribution in [0.25, 0.3) is 17.1 Å². The highest BCUT2D eigenvalue weighted by Crippen LogP contribution is 2.58. The number of hydrogen-bond donors (Lipinski definition) is 6. The quantitative estimate of drug-likeness (QED) is 0.280. The summed E-state index contributed by atoms with van der Waals surface area (Å²) in [7, 11) is -10.6. The smallest absolute Gasteiger partial charge is 0.387 e. The minimum absolute atomic E-state index is 0.00322. The monoisotopic (exact) mass is 510 g/mol. The van der Waals surface area contributed by atoms with Crippen molar-refractivity contribution in [1.82, 2.24) is 14.5 Å². The standard InChI is InChI=1S/C15H17FN4O11P2/c1-15(23)10(21)8(4-29-33(27,28)31-32(24,25)26)30-14(15)20-3-6-2-7(16)13(22)19-11-9(6)12(20)18-5-17-11/h2-3,5,8,10,14,21,23H,4H2,1H3,(H,27,28)(H2,24,25,26)(H,17,18,19,22)/t8-,10-,14-,15-/m1/s1. The fourth-order valence-corrected chi connectivity index (χ4v) is 5.17. The number of rotatable bonds is 6. The summed E-state index contributed by atoms with van der Waals surface area (Å²) < 4.78 is 51.5. The maximum atomic E-state index is 14.1. The van der Waals surface area contributed by atoms with Gasteiger partial charge >= 0.3 is 15.6 Å². The molecule has 0 spiro atoms. The Morgan fingerprint density at radius 1 is 1.33 bits per heavy atom. The number of carbonyl (C=O) groups excluding carboxylic acids is 1. The normalized spacial score (nSPS) is 29.5. The molecule has 180 valence electrons. The molecule has 33 heavy (non-hydrogen) atoms. The third kappa shape index (κ3) is 4.50. The van der Waals surface area contributed by atoms with E-state index in [-0.39, 0.29) is 22.4 Å². The van der Waals surface area contributed by atoms with Gasteiger partial charge in [0, 0.05) is 11.8 Å². The van der Waals surface area contributed by atoms with Crippen molar-refractivity contribution in [2.24, 2.45) is 0 Å². The minimum Gasteiger partial charge on any atom is -0.387 e. The largest absolute Gasteiger partial charge is 0.481 e. The number of phosphoric acid groups is 2. The van der Waals surface area contributed by atoms with Gasteiger partial charge in [0.25, 0.3) is 5.91 Å². The molecular weight excluding hydrogens is 493 g/mol. The first-order chi connectivity index (χ1) is 15.2. The van der Waals surface area contributed by atoms with E-state index < -0.39 is 58.0 Å². The van der Waals surface area contributed by atoms with Crippen LogP contribution in [0.1, 0.15) is 18.7 Å². The summed E-state index contributed by atoms with van der Waals surface area (Å²) in [6, 6.07) is 0. The molecule has 0 bridgehead atoms. The molecule has 1 fully saturated rings. The van der Waals surface area contributed by atoms with Crippen molar-refractivity contribution in [3.63, 3.8) is 0 Å². The highest BCUT2D eigenvalue weighted by Gasteiger charge is 2.54. The molecule has 2 aliphatic heterocycles. The van der Waals surface area contributed by atoms with E-state index in [9.17, 15) is 33.4 Å². The van der Waals surface area contributed by atoms with Gasteiger partial charge < -0.3 is 39.5 Å². The van der Waals surface area contributed by atoms with Crippen LogP contribution < -0.4 is 5.32 Å². The maximum Gasteiger partial charge on any atom is 0.481 e. The maximum absolute atomic E-state index is 14.1. The van der Waals surface area contributed by atoms with Crippen LogP contribution in [0.15, 0.2) is 18.4 Å². The van der Waals surface area contributed by atoms with E-state index in [1.54, 1.807) is 0 Å². The number of nitrogens with one attached hydrogen (secondary N) is 1. The molecule has 0 radical (unpaired) electrons. The summed E-state index contributed by atoms with van der Waals surface area (Å²) >= 11 is 0. The average molecular weight is 510 g/mol. The molecule has 0 aromatic carbocycles. The van der Waals surface area contributed by atoms with E-state index in [1.165, 1.54) is 17.7 Å². The van der Waals surface area contributed by atoms with Crippen molar-refractivity contribution < 1.29 is 56.8 Å². The number of aliphatic hydroxyl groups is 2. The first kappa shape index (κ1) is 24.0. The second-order valence-electron chi connectivity index (χ2n) is 7.39. The van der Waals surface area contributed by atoms with Gasteiger partial charge in [-0.2, -0.15) is 4.31 Å². The molecule has 2 aliphatic rings. The summed E-state index contributed by atoms with van der Waals surface area (Å²) in [5.74, 6) is -2.13. The number of phosphoric ester groups is 1. The van der Waals surface area contributed by atoms with Gasteiger partial charge in [-0.3, -0.25) is 9.32 Å². The van der Waals surface area contributed by atoms with Gasteiger partial charge in [0.2, 0.25) is 0 Å². The third-order valence-corrected chi connectivity index (χ3v) is 7.14. The van der Waals surface area contributed by atoms with Crippen molar-refractivity contribution >= 4 is 44.5 Å². The molecule has 1 amide bonds. The molecule has 1 unspecified atom stereocenters. The molecule has 0 saturated carbocycles. The average Bonchev–Trinajstić information content (AvgIpc) is 3.09. The topological polar surface area (TPSA) is 223 Å². The van der Waals surface area contributed by atoms with Crippen LogP contribution in [0.2, 0.25) is 0 Å². The Morgan fingerprint density at radius 3 is 2.70 bits per heavy atom. The molecule has 15 nitrogen and oxygen atoms in total. The lowest BCUT2D eigenvalue weighted by molar-refractivity contribution is -0.114. The van der Waals surface area contributed by atoms with E-state index in [0.717, 1.165) is 12.4 Å². The number of aromatic nitrogens is 3. The lowest BCUT2D eigenvalue weighted by atomic mass is 9.96. The zero-order chi connectivity index (χ0) is 24.3. The van der Waals surface area contributed by atoms with Crippen LogP contribution in [0.4, 0.5) is 10.2 Å². The van der Waals surface area contributed by atoms with E-state index in [1.807, 2.05) is 0 Å². The lowest BCUT2D eigenvalue weighted by Crippen LogP contribution is -2.44. The number of halogens is 1. The van der Waals surface area contributed by atoms with Crippen LogP contribution in [0, 0.1) is 0 Å². The number of ether oxygens (including phenoxy) is 1. The van der Waals surface area contributed by atoms with Crippen LogP contribution >= 0.6 is 15.6 Å². The Morgan fingerprint density at radius 2 is 2.03 bits per heavy atom. The molecule has 18 heteroatoms. The van der Waals surface area contributed by atoms with Crippen molar-refractivity contribution in [2.75, 3.05) is 11.9 Å². The van der Waals surface area contributed by atoms with Gasteiger partial charge in [0.1, 0.15) is 35.6 Å². The zero-order valence-corrected chi connectivity index (χ0v) is 18.3. The highest BCUT2D eigenvalue weighted by molar-refractivity contribution is 7.60. The van der Waals surface area contributed by atoms with Gasteiger partial charge in [-0.1, -0.05) is 0 Å². The summed E-state index contributed by atoms with van der Waals surface area (Å²) in [5, 5.41) is 23.9. The zero-order valence-electron chi connectivity index (χ0n) is 16.5. The Balaban J connectivity index is 1.66. The molecule has 4 rings (SSSR count). The van der Waals surface area contributed by atoms with Gasteiger partial charge in [-0.15, -0.1) is 0 Å². The molecule has 1 saturated heterocycles. The predicted octanol–water partition coefficient (Wildman–Crippen LogP) is -0.0706. The Hall–Kier alpha value is -2.10. The van der Waals surface area contributed by atoms with Crippen LogP contribution in [0.3, 0.4) is 0 Å². The molecule has 6 N–H and O–H groups in total. The lowest BCUT2D eigenvalue weighted by Gasteiger charge is -2.27. The molecule has 5 atom stereocenters. The van der Waals surface area contributed by atoms with Crippen LogP contribution in [-0.4, -0.2) is 69.8 Å². The van der Waals surface area contributed by atoms with Gasteiger partial charge in [0.15, 0.2) is 12.1 Å². The van der Waals surface area contributed by atoms with Gasteiger partial charge in [0.05, 0.1) is 12.0 Å². The van der Waals surface area contributed by atoms with E-state index >= 15 is 0 Å².